The average Bonchev–Trinajstić information content (AvgIpc) is 3.24. The molecule has 2 heterocycles. The molecule has 5 nitrogen and oxygen atoms in total. The van der Waals surface area contributed by atoms with Crippen LogP contribution in [0.2, 0.25) is 0 Å². The SMILES string of the molecule is CC(C)NC(=S)N1CCC2(CC1)NC(C)C(=O)N2CC1CC1. The van der Waals surface area contributed by atoms with Crippen LogP contribution in [0.15, 0.2) is 0 Å². The van der Waals surface area contributed by atoms with E-state index >= 15 is 0 Å². The van der Waals surface area contributed by atoms with E-state index in [0.717, 1.165) is 43.5 Å². The Morgan fingerprint density at radius 1 is 1.41 bits per heavy atom. The second-order valence-electron chi connectivity index (χ2n) is 7.38. The smallest absolute Gasteiger partial charge is 0.240 e. The quantitative estimate of drug-likeness (QED) is 0.766. The monoisotopic (exact) mass is 324 g/mol. The number of nitrogens with zero attached hydrogens (tertiary/aromatic N) is 2. The molecule has 2 N–H and O–H groups in total. The van der Waals surface area contributed by atoms with Crippen molar-refractivity contribution in [2.45, 2.75) is 64.2 Å². The van der Waals surface area contributed by atoms with Gasteiger partial charge in [0.15, 0.2) is 5.11 Å². The van der Waals surface area contributed by atoms with Crippen molar-refractivity contribution in [2.75, 3.05) is 19.6 Å². The molecule has 3 fully saturated rings. The van der Waals surface area contributed by atoms with Gasteiger partial charge in [-0.05, 0) is 51.7 Å². The Bertz CT molecular complexity index is 455. The molecule has 0 radical (unpaired) electrons. The zero-order chi connectivity index (χ0) is 15.9. The highest BCUT2D eigenvalue weighted by molar-refractivity contribution is 7.80. The van der Waals surface area contributed by atoms with Crippen molar-refractivity contribution in [1.82, 2.24) is 20.4 Å². The van der Waals surface area contributed by atoms with Gasteiger partial charge in [0.05, 0.1) is 11.7 Å². The summed E-state index contributed by atoms with van der Waals surface area (Å²) in [6.45, 7) is 8.96. The van der Waals surface area contributed by atoms with E-state index in [-0.39, 0.29) is 17.6 Å². The molecule has 1 saturated carbocycles. The van der Waals surface area contributed by atoms with Crippen molar-refractivity contribution >= 4 is 23.2 Å². The first-order chi connectivity index (χ1) is 10.4. The van der Waals surface area contributed by atoms with Gasteiger partial charge in [-0.15, -0.1) is 0 Å². The zero-order valence-electron chi connectivity index (χ0n) is 13.9. The molecule has 124 valence electrons. The number of carbonyl (C=O) groups is 1. The number of carbonyl (C=O) groups excluding carboxylic acids is 1. The summed E-state index contributed by atoms with van der Waals surface area (Å²) in [4.78, 5) is 16.9. The van der Waals surface area contributed by atoms with Crippen molar-refractivity contribution in [3.05, 3.63) is 0 Å². The third-order valence-electron chi connectivity index (χ3n) is 5.07. The Morgan fingerprint density at radius 3 is 2.59 bits per heavy atom. The molecule has 1 atom stereocenters. The second kappa shape index (κ2) is 5.96. The molecule has 1 spiro atoms. The van der Waals surface area contributed by atoms with Crippen molar-refractivity contribution in [2.24, 2.45) is 5.92 Å². The van der Waals surface area contributed by atoms with Gasteiger partial charge in [-0.1, -0.05) is 0 Å². The summed E-state index contributed by atoms with van der Waals surface area (Å²) in [5, 5.41) is 7.75. The Kier molecular flexibility index (Phi) is 4.34. The summed E-state index contributed by atoms with van der Waals surface area (Å²) >= 11 is 5.48. The van der Waals surface area contributed by atoms with Gasteiger partial charge in [-0.25, -0.2) is 0 Å². The van der Waals surface area contributed by atoms with Gasteiger partial charge in [-0.2, -0.15) is 0 Å². The lowest BCUT2D eigenvalue weighted by molar-refractivity contribution is -0.133. The minimum atomic E-state index is -0.136. The van der Waals surface area contributed by atoms with Gasteiger partial charge in [-0.3, -0.25) is 10.1 Å². The Labute approximate surface area is 138 Å². The molecule has 1 aliphatic carbocycles. The molecule has 1 amide bonds. The van der Waals surface area contributed by atoms with Gasteiger partial charge in [0.1, 0.15) is 0 Å². The van der Waals surface area contributed by atoms with E-state index in [2.05, 4.69) is 34.3 Å². The van der Waals surface area contributed by atoms with Gasteiger partial charge in [0, 0.05) is 38.5 Å². The van der Waals surface area contributed by atoms with E-state index in [1.807, 2.05) is 6.92 Å². The van der Waals surface area contributed by atoms with E-state index < -0.39 is 0 Å². The number of hydrogen-bond donors (Lipinski definition) is 2. The minimum Gasteiger partial charge on any atom is -0.360 e. The maximum absolute atomic E-state index is 12.5. The van der Waals surface area contributed by atoms with E-state index in [4.69, 9.17) is 12.2 Å². The maximum atomic E-state index is 12.5. The third kappa shape index (κ3) is 3.08. The first kappa shape index (κ1) is 16.0. The molecule has 0 aromatic rings. The number of hydrogen-bond acceptors (Lipinski definition) is 3. The topological polar surface area (TPSA) is 47.6 Å². The standard InChI is InChI=1S/C16H28N4OS/c1-11(2)17-15(22)19-8-6-16(7-9-19)18-12(3)14(21)20(16)10-13-4-5-13/h11-13,18H,4-10H2,1-3H3,(H,17,22). The first-order valence-corrected chi connectivity index (χ1v) is 8.97. The molecular weight excluding hydrogens is 296 g/mol. The summed E-state index contributed by atoms with van der Waals surface area (Å²) in [6, 6.07) is 0.312. The molecule has 0 bridgehead atoms. The first-order valence-electron chi connectivity index (χ1n) is 8.56. The fraction of sp³-hybridized carbons (Fsp3) is 0.875. The Balaban J connectivity index is 1.64. The van der Waals surface area contributed by atoms with Crippen molar-refractivity contribution in [3.8, 4) is 0 Å². The van der Waals surface area contributed by atoms with E-state index in [0.29, 0.717) is 6.04 Å². The summed E-state index contributed by atoms with van der Waals surface area (Å²) in [7, 11) is 0. The van der Waals surface area contributed by atoms with Gasteiger partial charge >= 0.3 is 0 Å². The van der Waals surface area contributed by atoms with Crippen LogP contribution in [0.25, 0.3) is 0 Å². The van der Waals surface area contributed by atoms with Crippen LogP contribution in [0.5, 0.6) is 0 Å². The molecule has 3 rings (SSSR count). The van der Waals surface area contributed by atoms with E-state index in [1.54, 1.807) is 0 Å². The van der Waals surface area contributed by atoms with Crippen molar-refractivity contribution in [1.29, 1.82) is 0 Å². The highest BCUT2D eigenvalue weighted by Crippen LogP contribution is 2.37. The van der Waals surface area contributed by atoms with Gasteiger partial charge in [0.25, 0.3) is 0 Å². The van der Waals surface area contributed by atoms with E-state index in [9.17, 15) is 4.79 Å². The third-order valence-corrected chi connectivity index (χ3v) is 5.44. The largest absolute Gasteiger partial charge is 0.360 e. The van der Waals surface area contributed by atoms with Crippen LogP contribution in [-0.2, 0) is 4.79 Å². The fourth-order valence-electron chi connectivity index (χ4n) is 3.64. The lowest BCUT2D eigenvalue weighted by Gasteiger charge is -2.45. The number of likely N-dealkylation sites (tertiary alicyclic amines) is 1. The molecule has 2 aliphatic heterocycles. The van der Waals surface area contributed by atoms with Crippen LogP contribution in [0.1, 0.15) is 46.5 Å². The van der Waals surface area contributed by atoms with Crippen molar-refractivity contribution < 1.29 is 4.79 Å². The highest BCUT2D eigenvalue weighted by atomic mass is 32.1. The molecule has 0 aromatic heterocycles. The van der Waals surface area contributed by atoms with Crippen LogP contribution in [-0.4, -0.2) is 58.2 Å². The predicted molar refractivity (Wildman–Crippen MR) is 91.4 cm³/mol. The summed E-state index contributed by atoms with van der Waals surface area (Å²) in [5.74, 6) is 1.01. The summed E-state index contributed by atoms with van der Waals surface area (Å²) in [5.41, 5.74) is -0.136. The zero-order valence-corrected chi connectivity index (χ0v) is 14.7. The average molecular weight is 324 g/mol. The van der Waals surface area contributed by atoms with Crippen LogP contribution >= 0.6 is 12.2 Å². The lowest BCUT2D eigenvalue weighted by Crippen LogP contribution is -2.60. The second-order valence-corrected chi connectivity index (χ2v) is 7.77. The Hall–Kier alpha value is -0.880. The Morgan fingerprint density at radius 2 is 2.05 bits per heavy atom. The number of thiocarbonyl (C=S) groups is 1. The molecule has 3 aliphatic rings. The molecule has 2 saturated heterocycles. The normalized spacial score (nSPS) is 27.8. The van der Waals surface area contributed by atoms with E-state index in [1.165, 1.54) is 12.8 Å². The number of piperidine rings is 1. The van der Waals surface area contributed by atoms with Crippen LogP contribution in [0, 0.1) is 5.92 Å². The molecule has 1 unspecified atom stereocenters. The molecule has 6 heteroatoms. The van der Waals surface area contributed by atoms with Crippen LogP contribution in [0.4, 0.5) is 0 Å². The number of rotatable bonds is 3. The number of amides is 1. The van der Waals surface area contributed by atoms with Gasteiger partial charge < -0.3 is 15.1 Å². The van der Waals surface area contributed by atoms with Crippen LogP contribution < -0.4 is 10.6 Å². The van der Waals surface area contributed by atoms with Gasteiger partial charge in [0.2, 0.25) is 5.91 Å². The summed E-state index contributed by atoms with van der Waals surface area (Å²) < 4.78 is 0. The lowest BCUT2D eigenvalue weighted by atomic mass is 9.96. The summed E-state index contributed by atoms with van der Waals surface area (Å²) in [6.07, 6.45) is 4.47. The number of nitrogens with one attached hydrogen (secondary N) is 2. The maximum Gasteiger partial charge on any atom is 0.240 e. The van der Waals surface area contributed by atoms with Crippen LogP contribution in [0.3, 0.4) is 0 Å². The molecular formula is C16H28N4OS. The fourth-order valence-corrected chi connectivity index (χ4v) is 4.06. The van der Waals surface area contributed by atoms with Crippen molar-refractivity contribution in [3.63, 3.8) is 0 Å². The minimum absolute atomic E-state index is 0.0500. The molecule has 0 aromatic carbocycles. The predicted octanol–water partition coefficient (Wildman–Crippen LogP) is 1.29. The molecule has 22 heavy (non-hydrogen) atoms. The highest BCUT2D eigenvalue weighted by Gasteiger charge is 2.51.